The van der Waals surface area contributed by atoms with E-state index in [2.05, 4.69) is 10.2 Å². The fourth-order valence-electron chi connectivity index (χ4n) is 1.65. The number of benzene rings is 1. The topological polar surface area (TPSA) is 48.2 Å². The molecule has 0 atom stereocenters. The fraction of sp³-hybridized carbons (Fsp3) is 0.385. The lowest BCUT2D eigenvalue weighted by atomic mass is 10.1. The standard InChI is InChI=1S/C13H16N2O2/c1-4-11-14-15-12(17-11)8-16-13-9(2)6-5-7-10(13)3/h5-7H,4,8H2,1-3H3. The second-order valence-corrected chi connectivity index (χ2v) is 3.95. The van der Waals surface area contributed by atoms with Crippen molar-refractivity contribution in [1.82, 2.24) is 10.2 Å². The van der Waals surface area contributed by atoms with Gasteiger partial charge < -0.3 is 9.15 Å². The Labute approximate surface area is 101 Å². The summed E-state index contributed by atoms with van der Waals surface area (Å²) in [5.41, 5.74) is 2.22. The third-order valence-corrected chi connectivity index (χ3v) is 2.56. The zero-order chi connectivity index (χ0) is 12.3. The highest BCUT2D eigenvalue weighted by Gasteiger charge is 2.07. The quantitative estimate of drug-likeness (QED) is 0.813. The second kappa shape index (κ2) is 4.99. The Balaban J connectivity index is 2.07. The Morgan fingerprint density at radius 3 is 2.35 bits per heavy atom. The van der Waals surface area contributed by atoms with E-state index in [0.29, 0.717) is 18.4 Å². The Morgan fingerprint density at radius 2 is 1.76 bits per heavy atom. The van der Waals surface area contributed by atoms with Crippen molar-refractivity contribution in [3.63, 3.8) is 0 Å². The highest BCUT2D eigenvalue weighted by Crippen LogP contribution is 2.23. The maximum Gasteiger partial charge on any atom is 0.253 e. The Bertz CT molecular complexity index is 486. The lowest BCUT2D eigenvalue weighted by molar-refractivity contribution is 0.256. The average molecular weight is 232 g/mol. The van der Waals surface area contributed by atoms with Crippen LogP contribution >= 0.6 is 0 Å². The highest BCUT2D eigenvalue weighted by atomic mass is 16.5. The molecule has 4 nitrogen and oxygen atoms in total. The fourth-order valence-corrected chi connectivity index (χ4v) is 1.65. The first-order valence-electron chi connectivity index (χ1n) is 5.71. The van der Waals surface area contributed by atoms with Gasteiger partial charge in [0.05, 0.1) is 0 Å². The van der Waals surface area contributed by atoms with E-state index in [1.807, 2.05) is 39.0 Å². The molecule has 0 fully saturated rings. The molecule has 17 heavy (non-hydrogen) atoms. The van der Waals surface area contributed by atoms with Gasteiger partial charge in [0, 0.05) is 6.42 Å². The summed E-state index contributed by atoms with van der Waals surface area (Å²) < 4.78 is 11.1. The number of aromatic nitrogens is 2. The minimum Gasteiger partial charge on any atom is -0.483 e. The zero-order valence-electron chi connectivity index (χ0n) is 10.4. The van der Waals surface area contributed by atoms with Crippen LogP contribution in [0.2, 0.25) is 0 Å². The molecule has 1 aromatic carbocycles. The molecule has 90 valence electrons. The lowest BCUT2D eigenvalue weighted by Crippen LogP contribution is -1.99. The molecule has 4 heteroatoms. The molecule has 2 rings (SSSR count). The number of aryl methyl sites for hydroxylation is 3. The van der Waals surface area contributed by atoms with Gasteiger partial charge in [0.25, 0.3) is 5.89 Å². The largest absolute Gasteiger partial charge is 0.483 e. The number of rotatable bonds is 4. The third kappa shape index (κ3) is 2.64. The maximum absolute atomic E-state index is 5.72. The molecular weight excluding hydrogens is 216 g/mol. The lowest BCUT2D eigenvalue weighted by Gasteiger charge is -2.09. The van der Waals surface area contributed by atoms with Crippen molar-refractivity contribution in [2.24, 2.45) is 0 Å². The van der Waals surface area contributed by atoms with Crippen LogP contribution in [0, 0.1) is 13.8 Å². The number of nitrogens with zero attached hydrogens (tertiary/aromatic N) is 2. The summed E-state index contributed by atoms with van der Waals surface area (Å²) in [4.78, 5) is 0. The molecule has 0 aliphatic heterocycles. The summed E-state index contributed by atoms with van der Waals surface area (Å²) in [5, 5.41) is 7.81. The van der Waals surface area contributed by atoms with Crippen molar-refractivity contribution >= 4 is 0 Å². The van der Waals surface area contributed by atoms with Crippen LogP contribution in [-0.2, 0) is 13.0 Å². The van der Waals surface area contributed by atoms with E-state index < -0.39 is 0 Å². The van der Waals surface area contributed by atoms with Gasteiger partial charge in [-0.15, -0.1) is 10.2 Å². The van der Waals surface area contributed by atoms with Crippen molar-refractivity contribution in [3.05, 3.63) is 41.1 Å². The Kier molecular flexibility index (Phi) is 3.42. The molecule has 2 aromatic rings. The van der Waals surface area contributed by atoms with Gasteiger partial charge in [-0.25, -0.2) is 0 Å². The molecule has 0 bridgehead atoms. The molecule has 1 aromatic heterocycles. The van der Waals surface area contributed by atoms with Crippen molar-refractivity contribution in [2.75, 3.05) is 0 Å². The normalized spacial score (nSPS) is 10.5. The van der Waals surface area contributed by atoms with Gasteiger partial charge >= 0.3 is 0 Å². The van der Waals surface area contributed by atoms with Gasteiger partial charge in [0.15, 0.2) is 6.61 Å². The molecule has 0 saturated heterocycles. The minimum atomic E-state index is 0.318. The van der Waals surface area contributed by atoms with E-state index in [-0.39, 0.29) is 0 Å². The van der Waals surface area contributed by atoms with Crippen molar-refractivity contribution in [3.8, 4) is 5.75 Å². The van der Waals surface area contributed by atoms with Gasteiger partial charge in [-0.1, -0.05) is 25.1 Å². The molecule has 0 spiro atoms. The molecule has 0 unspecified atom stereocenters. The summed E-state index contributed by atoms with van der Waals surface area (Å²) in [6.07, 6.45) is 0.746. The molecule has 0 N–H and O–H groups in total. The van der Waals surface area contributed by atoms with Crippen LogP contribution in [0.3, 0.4) is 0 Å². The molecule has 0 radical (unpaired) electrons. The smallest absolute Gasteiger partial charge is 0.253 e. The summed E-state index contributed by atoms with van der Waals surface area (Å²) >= 11 is 0. The SMILES string of the molecule is CCc1nnc(COc2c(C)cccc2C)o1. The summed E-state index contributed by atoms with van der Waals surface area (Å²) in [7, 11) is 0. The molecule has 0 aliphatic rings. The predicted octanol–water partition coefficient (Wildman–Crippen LogP) is 2.83. The number of para-hydroxylation sites is 1. The third-order valence-electron chi connectivity index (χ3n) is 2.56. The summed E-state index contributed by atoms with van der Waals surface area (Å²) in [6, 6.07) is 6.06. The van der Waals surface area contributed by atoms with Crippen molar-refractivity contribution in [2.45, 2.75) is 33.8 Å². The van der Waals surface area contributed by atoms with Crippen LogP contribution in [0.4, 0.5) is 0 Å². The first-order chi connectivity index (χ1) is 8.20. The van der Waals surface area contributed by atoms with Crippen LogP contribution in [0.5, 0.6) is 5.75 Å². The number of hydrogen-bond donors (Lipinski definition) is 0. The van der Waals surface area contributed by atoms with E-state index in [0.717, 1.165) is 23.3 Å². The maximum atomic E-state index is 5.72. The second-order valence-electron chi connectivity index (χ2n) is 3.95. The van der Waals surface area contributed by atoms with Crippen molar-refractivity contribution < 1.29 is 9.15 Å². The van der Waals surface area contributed by atoms with Gasteiger partial charge in [-0.05, 0) is 25.0 Å². The van der Waals surface area contributed by atoms with Crippen LogP contribution in [0.1, 0.15) is 29.8 Å². The van der Waals surface area contributed by atoms with Gasteiger partial charge in [-0.2, -0.15) is 0 Å². The average Bonchev–Trinajstić information content (AvgIpc) is 2.76. The number of ether oxygens (including phenoxy) is 1. The summed E-state index contributed by atoms with van der Waals surface area (Å²) in [6.45, 7) is 6.34. The van der Waals surface area contributed by atoms with Crippen LogP contribution < -0.4 is 4.74 Å². The van der Waals surface area contributed by atoms with E-state index in [4.69, 9.17) is 9.15 Å². The molecule has 0 aliphatic carbocycles. The van der Waals surface area contributed by atoms with Crippen LogP contribution in [0.15, 0.2) is 22.6 Å². The van der Waals surface area contributed by atoms with Crippen LogP contribution in [-0.4, -0.2) is 10.2 Å². The van der Waals surface area contributed by atoms with Gasteiger partial charge in [0.2, 0.25) is 5.89 Å². The molecule has 1 heterocycles. The predicted molar refractivity (Wildman–Crippen MR) is 63.9 cm³/mol. The van der Waals surface area contributed by atoms with E-state index in [1.54, 1.807) is 0 Å². The van der Waals surface area contributed by atoms with E-state index in [1.165, 1.54) is 0 Å². The van der Waals surface area contributed by atoms with Gasteiger partial charge in [0.1, 0.15) is 5.75 Å². The first-order valence-corrected chi connectivity index (χ1v) is 5.71. The molecular formula is C13H16N2O2. The monoisotopic (exact) mass is 232 g/mol. The van der Waals surface area contributed by atoms with E-state index in [9.17, 15) is 0 Å². The molecule has 0 saturated carbocycles. The van der Waals surface area contributed by atoms with Crippen LogP contribution in [0.25, 0.3) is 0 Å². The zero-order valence-corrected chi connectivity index (χ0v) is 10.4. The first kappa shape index (κ1) is 11.6. The minimum absolute atomic E-state index is 0.318. The van der Waals surface area contributed by atoms with E-state index >= 15 is 0 Å². The Hall–Kier alpha value is -1.84. The number of hydrogen-bond acceptors (Lipinski definition) is 4. The highest BCUT2D eigenvalue weighted by molar-refractivity contribution is 5.39. The summed E-state index contributed by atoms with van der Waals surface area (Å²) in [5.74, 6) is 2.05. The molecule has 0 amide bonds. The Morgan fingerprint density at radius 1 is 1.12 bits per heavy atom. The van der Waals surface area contributed by atoms with Crippen molar-refractivity contribution in [1.29, 1.82) is 0 Å². The van der Waals surface area contributed by atoms with Gasteiger partial charge in [-0.3, -0.25) is 0 Å².